The van der Waals surface area contributed by atoms with E-state index in [4.69, 9.17) is 0 Å². The number of hydrogen-bond acceptors (Lipinski definition) is 4. The minimum absolute atomic E-state index is 0.0257. The van der Waals surface area contributed by atoms with Gasteiger partial charge in [0.1, 0.15) is 0 Å². The van der Waals surface area contributed by atoms with E-state index >= 15 is 0 Å². The van der Waals surface area contributed by atoms with Gasteiger partial charge < -0.3 is 10.3 Å². The van der Waals surface area contributed by atoms with Gasteiger partial charge in [0.15, 0.2) is 0 Å². The van der Waals surface area contributed by atoms with Crippen molar-refractivity contribution >= 4 is 27.0 Å². The predicted octanol–water partition coefficient (Wildman–Crippen LogP) is 0.914. The number of hydrogen-bond donors (Lipinski definition) is 3. The van der Waals surface area contributed by atoms with Crippen LogP contribution in [0.15, 0.2) is 24.3 Å². The Morgan fingerprint density at radius 1 is 1.33 bits per heavy atom. The molecule has 1 aromatic carbocycles. The van der Waals surface area contributed by atoms with Crippen molar-refractivity contribution in [1.29, 1.82) is 0 Å². The van der Waals surface area contributed by atoms with Gasteiger partial charge in [0.2, 0.25) is 16.0 Å². The van der Waals surface area contributed by atoms with Crippen molar-refractivity contribution in [3.8, 4) is 0 Å². The first-order valence-corrected chi connectivity index (χ1v) is 7.42. The van der Waals surface area contributed by atoms with E-state index in [1.165, 1.54) is 0 Å². The molecule has 0 atom stereocenters. The number of para-hydroxylation sites is 2. The quantitative estimate of drug-likeness (QED) is 0.680. The maximum Gasteiger partial charge on any atom is 0.236 e. The highest BCUT2D eigenvalue weighted by Crippen LogP contribution is 2.14. The average Bonchev–Trinajstić information content (AvgIpc) is 2.70. The van der Waals surface area contributed by atoms with Crippen molar-refractivity contribution in [1.82, 2.24) is 15.3 Å². The Morgan fingerprint density at radius 2 is 2.11 bits per heavy atom. The van der Waals surface area contributed by atoms with Crippen LogP contribution in [0.4, 0.5) is 5.95 Å². The van der Waals surface area contributed by atoms with Crippen molar-refractivity contribution in [3.63, 3.8) is 0 Å². The average molecular weight is 268 g/mol. The molecular weight excluding hydrogens is 252 g/mol. The highest BCUT2D eigenvalue weighted by Gasteiger charge is 2.12. The molecule has 0 bridgehead atoms. The third-order valence-corrected chi connectivity index (χ3v) is 3.69. The van der Waals surface area contributed by atoms with Crippen LogP contribution in [-0.4, -0.2) is 37.2 Å². The fraction of sp³-hybridized carbons (Fsp3) is 0.364. The molecule has 0 saturated heterocycles. The molecule has 2 rings (SSSR count). The summed E-state index contributed by atoms with van der Waals surface area (Å²) in [6.45, 7) is 3.10. The Labute approximate surface area is 106 Å². The molecule has 0 aliphatic heterocycles. The van der Waals surface area contributed by atoms with Gasteiger partial charge in [-0.3, -0.25) is 4.72 Å². The first-order valence-electron chi connectivity index (χ1n) is 5.76. The van der Waals surface area contributed by atoms with E-state index in [1.54, 1.807) is 0 Å². The number of sulfonamides is 1. The lowest BCUT2D eigenvalue weighted by Crippen LogP contribution is -2.26. The highest BCUT2D eigenvalue weighted by atomic mass is 32.2. The maximum atomic E-state index is 11.7. The van der Waals surface area contributed by atoms with Crippen LogP contribution in [0.2, 0.25) is 0 Å². The first-order chi connectivity index (χ1) is 8.61. The number of nitrogens with one attached hydrogen (secondary N) is 3. The molecule has 98 valence electrons. The van der Waals surface area contributed by atoms with E-state index < -0.39 is 10.0 Å². The lowest BCUT2D eigenvalue weighted by atomic mass is 10.3. The summed E-state index contributed by atoms with van der Waals surface area (Å²) in [5.41, 5.74) is 1.55. The molecular formula is C11H16N4O2S. The summed E-state index contributed by atoms with van der Waals surface area (Å²) in [7, 11) is -3.36. The minimum atomic E-state index is -3.36. The fourth-order valence-electron chi connectivity index (χ4n) is 1.58. The number of rotatable bonds is 6. The molecule has 1 aromatic heterocycles. The van der Waals surface area contributed by atoms with Crippen LogP contribution in [0, 0.1) is 0 Å². The highest BCUT2D eigenvalue weighted by molar-refractivity contribution is 7.92. The first kappa shape index (κ1) is 12.8. The minimum Gasteiger partial charge on any atom is -0.323 e. The smallest absolute Gasteiger partial charge is 0.236 e. The second kappa shape index (κ2) is 5.36. The zero-order chi connectivity index (χ0) is 13.0. The summed E-state index contributed by atoms with van der Waals surface area (Å²) in [6, 6.07) is 7.39. The Hall–Kier alpha value is -1.60. The van der Waals surface area contributed by atoms with Gasteiger partial charge in [0.05, 0.1) is 16.8 Å². The number of imidazole rings is 1. The third kappa shape index (κ3) is 3.21. The van der Waals surface area contributed by atoms with Gasteiger partial charge in [-0.15, -0.1) is 0 Å². The SMILES string of the molecule is CCNCCS(=O)(=O)Nc1nc2ccccc2[nH]1. The third-order valence-electron chi connectivity index (χ3n) is 2.44. The Bertz CT molecular complexity index is 588. The lowest BCUT2D eigenvalue weighted by molar-refractivity contribution is 0.597. The second-order valence-corrected chi connectivity index (χ2v) is 5.72. The summed E-state index contributed by atoms with van der Waals surface area (Å²) in [6.07, 6.45) is 0. The van der Waals surface area contributed by atoms with Gasteiger partial charge in [0.25, 0.3) is 0 Å². The number of aromatic nitrogens is 2. The molecule has 0 unspecified atom stereocenters. The van der Waals surface area contributed by atoms with Crippen LogP contribution >= 0.6 is 0 Å². The molecule has 2 aromatic rings. The molecule has 0 radical (unpaired) electrons. The number of fused-ring (bicyclic) bond motifs is 1. The monoisotopic (exact) mass is 268 g/mol. The van der Waals surface area contributed by atoms with Crippen LogP contribution in [0.3, 0.4) is 0 Å². The van der Waals surface area contributed by atoms with E-state index in [0.29, 0.717) is 6.54 Å². The zero-order valence-electron chi connectivity index (χ0n) is 10.1. The molecule has 18 heavy (non-hydrogen) atoms. The van der Waals surface area contributed by atoms with Gasteiger partial charge in [0, 0.05) is 6.54 Å². The van der Waals surface area contributed by atoms with Gasteiger partial charge in [-0.2, -0.15) is 0 Å². The summed E-state index contributed by atoms with van der Waals surface area (Å²) in [4.78, 5) is 7.08. The Kier molecular flexibility index (Phi) is 3.83. The standard InChI is InChI=1S/C11H16N4O2S/c1-2-12-7-8-18(16,17)15-11-13-9-5-3-4-6-10(9)14-11/h3-6,12H,2,7-8H2,1H3,(H2,13,14,15). The Balaban J connectivity index is 2.08. The topological polar surface area (TPSA) is 86.9 Å². The molecule has 0 amide bonds. The van der Waals surface area contributed by atoms with Gasteiger partial charge in [-0.1, -0.05) is 19.1 Å². The summed E-state index contributed by atoms with van der Waals surface area (Å²) in [5, 5.41) is 2.97. The molecule has 0 aliphatic rings. The molecule has 1 heterocycles. The zero-order valence-corrected chi connectivity index (χ0v) is 10.9. The second-order valence-electron chi connectivity index (χ2n) is 3.88. The van der Waals surface area contributed by atoms with Gasteiger partial charge in [-0.25, -0.2) is 13.4 Å². The van der Waals surface area contributed by atoms with Crippen LogP contribution in [0.25, 0.3) is 11.0 Å². The number of H-pyrrole nitrogens is 1. The van der Waals surface area contributed by atoms with Gasteiger partial charge >= 0.3 is 0 Å². The number of aromatic amines is 1. The van der Waals surface area contributed by atoms with Crippen molar-refractivity contribution in [2.75, 3.05) is 23.6 Å². The number of benzene rings is 1. The normalized spacial score (nSPS) is 11.8. The molecule has 0 spiro atoms. The van der Waals surface area contributed by atoms with Crippen LogP contribution in [0.1, 0.15) is 6.92 Å². The molecule has 6 nitrogen and oxygen atoms in total. The predicted molar refractivity (Wildman–Crippen MR) is 72.0 cm³/mol. The largest absolute Gasteiger partial charge is 0.323 e. The van der Waals surface area contributed by atoms with E-state index in [0.717, 1.165) is 17.6 Å². The molecule has 7 heteroatoms. The van der Waals surface area contributed by atoms with E-state index in [1.807, 2.05) is 31.2 Å². The molecule has 0 saturated carbocycles. The van der Waals surface area contributed by atoms with Crippen molar-refractivity contribution in [3.05, 3.63) is 24.3 Å². The Morgan fingerprint density at radius 3 is 2.83 bits per heavy atom. The van der Waals surface area contributed by atoms with Crippen LogP contribution in [-0.2, 0) is 10.0 Å². The van der Waals surface area contributed by atoms with Gasteiger partial charge in [-0.05, 0) is 18.7 Å². The fourth-order valence-corrected chi connectivity index (χ4v) is 2.49. The van der Waals surface area contributed by atoms with Crippen LogP contribution in [0.5, 0.6) is 0 Å². The van der Waals surface area contributed by atoms with Crippen molar-refractivity contribution in [2.45, 2.75) is 6.92 Å². The van der Waals surface area contributed by atoms with Crippen molar-refractivity contribution in [2.24, 2.45) is 0 Å². The molecule has 0 aliphatic carbocycles. The van der Waals surface area contributed by atoms with Crippen LogP contribution < -0.4 is 10.0 Å². The summed E-state index contributed by atoms with van der Waals surface area (Å²) < 4.78 is 25.9. The molecule has 0 fully saturated rings. The van der Waals surface area contributed by atoms with E-state index in [-0.39, 0.29) is 11.7 Å². The lowest BCUT2D eigenvalue weighted by Gasteiger charge is -2.04. The summed E-state index contributed by atoms with van der Waals surface area (Å²) >= 11 is 0. The van der Waals surface area contributed by atoms with Crippen molar-refractivity contribution < 1.29 is 8.42 Å². The summed E-state index contributed by atoms with van der Waals surface area (Å²) in [5.74, 6) is 0.283. The molecule has 3 N–H and O–H groups in total. The number of anilines is 1. The number of nitrogens with zero attached hydrogens (tertiary/aromatic N) is 1. The maximum absolute atomic E-state index is 11.7. The van der Waals surface area contributed by atoms with E-state index in [2.05, 4.69) is 20.0 Å². The van der Waals surface area contributed by atoms with E-state index in [9.17, 15) is 8.42 Å².